The number of benzene rings is 1. The number of amides is 2. The summed E-state index contributed by atoms with van der Waals surface area (Å²) in [5, 5.41) is 5.47. The van der Waals surface area contributed by atoms with Crippen molar-refractivity contribution in [3.8, 4) is 11.5 Å². The smallest absolute Gasteiger partial charge is 0.239 e. The van der Waals surface area contributed by atoms with Crippen LogP contribution >= 0.6 is 0 Å². The molecular formula is C16H24N2O4. The molecule has 6 heteroatoms. The highest BCUT2D eigenvalue weighted by Gasteiger charge is 2.36. The molecule has 2 amide bonds. The number of carbonyl (C=O) groups excluding carboxylic acids is 2. The average molecular weight is 308 g/mol. The molecule has 22 heavy (non-hydrogen) atoms. The van der Waals surface area contributed by atoms with Crippen LogP contribution in [0.2, 0.25) is 0 Å². The zero-order valence-corrected chi connectivity index (χ0v) is 13.9. The minimum Gasteiger partial charge on any atom is -0.497 e. The zero-order valence-electron chi connectivity index (χ0n) is 13.9. The van der Waals surface area contributed by atoms with E-state index in [1.54, 1.807) is 39.2 Å². The van der Waals surface area contributed by atoms with Crippen LogP contribution in [0.1, 0.15) is 27.7 Å². The summed E-state index contributed by atoms with van der Waals surface area (Å²) >= 11 is 0. The fourth-order valence-corrected chi connectivity index (χ4v) is 1.73. The Labute approximate surface area is 131 Å². The summed E-state index contributed by atoms with van der Waals surface area (Å²) in [5.74, 6) is 0.348. The van der Waals surface area contributed by atoms with Crippen molar-refractivity contribution >= 4 is 17.5 Å². The van der Waals surface area contributed by atoms with E-state index in [-0.39, 0.29) is 11.9 Å². The van der Waals surface area contributed by atoms with E-state index >= 15 is 0 Å². The first-order valence-electron chi connectivity index (χ1n) is 7.06. The second-order valence-corrected chi connectivity index (χ2v) is 5.77. The number of hydrogen-bond acceptors (Lipinski definition) is 4. The van der Waals surface area contributed by atoms with Crippen LogP contribution in [0, 0.1) is 5.41 Å². The molecule has 0 aliphatic heterocycles. The van der Waals surface area contributed by atoms with Crippen molar-refractivity contribution in [1.29, 1.82) is 0 Å². The van der Waals surface area contributed by atoms with Crippen molar-refractivity contribution in [3.05, 3.63) is 18.2 Å². The number of rotatable bonds is 6. The molecule has 0 saturated heterocycles. The van der Waals surface area contributed by atoms with E-state index in [2.05, 4.69) is 10.6 Å². The molecule has 2 N–H and O–H groups in total. The normalized spacial score (nSPS) is 11.0. The molecular weight excluding hydrogens is 284 g/mol. The van der Waals surface area contributed by atoms with Crippen molar-refractivity contribution in [2.75, 3.05) is 19.5 Å². The van der Waals surface area contributed by atoms with Gasteiger partial charge in [-0.2, -0.15) is 0 Å². The third-order valence-electron chi connectivity index (χ3n) is 3.21. The molecule has 0 saturated carbocycles. The summed E-state index contributed by atoms with van der Waals surface area (Å²) in [6.07, 6.45) is 0. The van der Waals surface area contributed by atoms with Gasteiger partial charge < -0.3 is 20.1 Å². The molecule has 0 atom stereocenters. The summed E-state index contributed by atoms with van der Waals surface area (Å²) in [5.41, 5.74) is -0.714. The quantitative estimate of drug-likeness (QED) is 0.790. The minimum absolute atomic E-state index is 0.0323. The van der Waals surface area contributed by atoms with Gasteiger partial charge in [-0.3, -0.25) is 9.59 Å². The standard InChI is InChI=1S/C16H24N2O4/c1-10(2)17-14(19)16(3,4)15(20)18-12-8-7-11(21-5)9-13(12)22-6/h7-10H,1-6H3,(H,17,19)(H,18,20). The Morgan fingerprint density at radius 2 is 1.73 bits per heavy atom. The van der Waals surface area contributed by atoms with E-state index in [4.69, 9.17) is 9.47 Å². The first kappa shape index (κ1) is 17.8. The molecule has 1 rings (SSSR count). The molecule has 122 valence electrons. The summed E-state index contributed by atoms with van der Waals surface area (Å²) in [7, 11) is 3.05. The van der Waals surface area contributed by atoms with E-state index in [1.807, 2.05) is 13.8 Å². The van der Waals surface area contributed by atoms with Crippen molar-refractivity contribution in [1.82, 2.24) is 5.32 Å². The lowest BCUT2D eigenvalue weighted by molar-refractivity contribution is -0.138. The molecule has 0 unspecified atom stereocenters. The molecule has 0 heterocycles. The maximum Gasteiger partial charge on any atom is 0.239 e. The lowest BCUT2D eigenvalue weighted by atomic mass is 9.90. The first-order valence-corrected chi connectivity index (χ1v) is 7.06. The van der Waals surface area contributed by atoms with Gasteiger partial charge in [0.1, 0.15) is 16.9 Å². The van der Waals surface area contributed by atoms with Gasteiger partial charge in [-0.05, 0) is 39.8 Å². The van der Waals surface area contributed by atoms with E-state index in [0.29, 0.717) is 17.2 Å². The summed E-state index contributed by atoms with van der Waals surface area (Å²) in [6.45, 7) is 6.85. The van der Waals surface area contributed by atoms with Crippen LogP contribution in [0.3, 0.4) is 0 Å². The van der Waals surface area contributed by atoms with Gasteiger partial charge in [0.25, 0.3) is 0 Å². The van der Waals surface area contributed by atoms with Crippen molar-refractivity contribution < 1.29 is 19.1 Å². The Morgan fingerprint density at radius 3 is 2.23 bits per heavy atom. The van der Waals surface area contributed by atoms with Gasteiger partial charge in [0.15, 0.2) is 0 Å². The van der Waals surface area contributed by atoms with E-state index in [9.17, 15) is 9.59 Å². The number of anilines is 1. The fraction of sp³-hybridized carbons (Fsp3) is 0.500. The topological polar surface area (TPSA) is 76.7 Å². The number of hydrogen-bond donors (Lipinski definition) is 2. The summed E-state index contributed by atoms with van der Waals surface area (Å²) < 4.78 is 10.3. The lowest BCUT2D eigenvalue weighted by Gasteiger charge is -2.24. The Balaban J connectivity index is 2.94. The van der Waals surface area contributed by atoms with Gasteiger partial charge >= 0.3 is 0 Å². The van der Waals surface area contributed by atoms with Gasteiger partial charge in [0, 0.05) is 12.1 Å². The predicted octanol–water partition coefficient (Wildman–Crippen LogP) is 2.19. The van der Waals surface area contributed by atoms with Crippen molar-refractivity contribution in [2.45, 2.75) is 33.7 Å². The van der Waals surface area contributed by atoms with Crippen molar-refractivity contribution in [2.24, 2.45) is 5.41 Å². The zero-order chi connectivity index (χ0) is 16.9. The molecule has 0 fully saturated rings. The molecule has 0 aromatic heterocycles. The van der Waals surface area contributed by atoms with Crippen LogP contribution in [-0.4, -0.2) is 32.1 Å². The van der Waals surface area contributed by atoms with Crippen LogP contribution in [-0.2, 0) is 9.59 Å². The highest BCUT2D eigenvalue weighted by Crippen LogP contribution is 2.30. The van der Waals surface area contributed by atoms with Crippen LogP contribution in [0.5, 0.6) is 11.5 Å². The van der Waals surface area contributed by atoms with Crippen LogP contribution in [0.15, 0.2) is 18.2 Å². The third-order valence-corrected chi connectivity index (χ3v) is 3.21. The van der Waals surface area contributed by atoms with Crippen molar-refractivity contribution in [3.63, 3.8) is 0 Å². The number of ether oxygens (including phenoxy) is 2. The summed E-state index contributed by atoms with van der Waals surface area (Å²) in [6, 6.07) is 5.01. The van der Waals surface area contributed by atoms with E-state index in [0.717, 1.165) is 0 Å². The highest BCUT2D eigenvalue weighted by molar-refractivity contribution is 6.10. The molecule has 0 aliphatic carbocycles. The second kappa shape index (κ2) is 7.15. The van der Waals surface area contributed by atoms with Gasteiger partial charge in [0.2, 0.25) is 11.8 Å². The van der Waals surface area contributed by atoms with E-state index in [1.165, 1.54) is 7.11 Å². The van der Waals surface area contributed by atoms with Crippen LogP contribution < -0.4 is 20.1 Å². The second-order valence-electron chi connectivity index (χ2n) is 5.77. The molecule has 6 nitrogen and oxygen atoms in total. The van der Waals surface area contributed by atoms with Gasteiger partial charge in [0.05, 0.1) is 19.9 Å². The van der Waals surface area contributed by atoms with Gasteiger partial charge in [-0.25, -0.2) is 0 Å². The minimum atomic E-state index is -1.20. The monoisotopic (exact) mass is 308 g/mol. The molecule has 1 aromatic carbocycles. The Kier molecular flexibility index (Phi) is 5.79. The molecule has 0 spiro atoms. The highest BCUT2D eigenvalue weighted by atomic mass is 16.5. The van der Waals surface area contributed by atoms with Gasteiger partial charge in [-0.1, -0.05) is 0 Å². The number of methoxy groups -OCH3 is 2. The third kappa shape index (κ3) is 4.13. The molecule has 1 aromatic rings. The molecule has 0 radical (unpaired) electrons. The number of nitrogens with one attached hydrogen (secondary N) is 2. The fourth-order valence-electron chi connectivity index (χ4n) is 1.73. The van der Waals surface area contributed by atoms with Crippen LogP contribution in [0.4, 0.5) is 5.69 Å². The Hall–Kier alpha value is -2.24. The van der Waals surface area contributed by atoms with Crippen LogP contribution in [0.25, 0.3) is 0 Å². The Bertz CT molecular complexity index is 553. The first-order chi connectivity index (χ1) is 10.2. The average Bonchev–Trinajstić information content (AvgIpc) is 2.46. The predicted molar refractivity (Wildman–Crippen MR) is 85.2 cm³/mol. The summed E-state index contributed by atoms with van der Waals surface area (Å²) in [4.78, 5) is 24.6. The largest absolute Gasteiger partial charge is 0.497 e. The maximum atomic E-state index is 12.4. The van der Waals surface area contributed by atoms with E-state index < -0.39 is 11.3 Å². The molecule has 0 bridgehead atoms. The SMILES string of the molecule is COc1ccc(NC(=O)C(C)(C)C(=O)NC(C)C)c(OC)c1. The molecule has 0 aliphatic rings. The lowest BCUT2D eigenvalue weighted by Crippen LogP contribution is -2.47. The maximum absolute atomic E-state index is 12.4. The Morgan fingerprint density at radius 1 is 1.09 bits per heavy atom. The van der Waals surface area contributed by atoms with Gasteiger partial charge in [-0.15, -0.1) is 0 Å². The number of carbonyl (C=O) groups is 2.